The van der Waals surface area contributed by atoms with Crippen molar-refractivity contribution in [2.75, 3.05) is 0 Å². The average molecular weight is 367 g/mol. The van der Waals surface area contributed by atoms with Gasteiger partial charge in [0.15, 0.2) is 0 Å². The number of hydrogen-bond acceptors (Lipinski definition) is 0. The largest absolute Gasteiger partial charge is 1.00 e. The molecule has 2 aliphatic carbocycles. The zero-order chi connectivity index (χ0) is 18.6. The molecule has 0 aromatic heterocycles. The Morgan fingerprint density at radius 3 is 1.70 bits per heavy atom. The van der Waals surface area contributed by atoms with Crippen LogP contribution in [0, 0.1) is 17.5 Å². The van der Waals surface area contributed by atoms with Crippen molar-refractivity contribution >= 4 is 17.9 Å². The SMILES string of the molecule is [CH2-][P+](C1=CC2=C(C1)C(C)(C)CC2(C)C)(c1ccccc1)c1ccccc1.[Li+]. The molecule has 0 amide bonds. The minimum atomic E-state index is -1.82. The van der Waals surface area contributed by atoms with Crippen LogP contribution >= 0.6 is 7.26 Å². The molecule has 0 saturated carbocycles. The van der Waals surface area contributed by atoms with Gasteiger partial charge in [-0.05, 0) is 60.4 Å². The first-order valence-corrected chi connectivity index (χ1v) is 11.5. The summed E-state index contributed by atoms with van der Waals surface area (Å²) >= 11 is 0. The van der Waals surface area contributed by atoms with Crippen molar-refractivity contribution in [2.24, 2.45) is 10.8 Å². The Kier molecular flexibility index (Phi) is 5.42. The van der Waals surface area contributed by atoms with Crippen molar-refractivity contribution in [3.63, 3.8) is 0 Å². The molecular weight excluding hydrogens is 338 g/mol. The number of allylic oxidation sites excluding steroid dienone is 4. The molecule has 2 aromatic carbocycles. The molecular formula is C25H29LiP+. The molecule has 2 aromatic rings. The van der Waals surface area contributed by atoms with Gasteiger partial charge >= 0.3 is 18.9 Å². The van der Waals surface area contributed by atoms with E-state index in [1.807, 2.05) is 0 Å². The molecule has 2 heteroatoms. The molecule has 0 radical (unpaired) electrons. The van der Waals surface area contributed by atoms with E-state index in [0.717, 1.165) is 6.42 Å². The summed E-state index contributed by atoms with van der Waals surface area (Å²) < 4.78 is 0. The van der Waals surface area contributed by atoms with E-state index in [1.54, 1.807) is 16.5 Å². The van der Waals surface area contributed by atoms with Gasteiger partial charge < -0.3 is 0 Å². The number of hydrogen-bond donors (Lipinski definition) is 0. The van der Waals surface area contributed by atoms with Crippen molar-refractivity contribution in [2.45, 2.75) is 40.5 Å². The van der Waals surface area contributed by atoms with Crippen LogP contribution in [0.15, 0.2) is 83.2 Å². The van der Waals surface area contributed by atoms with Gasteiger partial charge in [0.05, 0.1) is 15.9 Å². The molecule has 0 atom stereocenters. The Labute approximate surface area is 177 Å². The summed E-state index contributed by atoms with van der Waals surface area (Å²) in [6.45, 7) is 14.6. The molecule has 0 fully saturated rings. The summed E-state index contributed by atoms with van der Waals surface area (Å²) in [6.07, 6.45) is 4.87. The summed E-state index contributed by atoms with van der Waals surface area (Å²) in [5, 5.41) is 4.31. The molecule has 0 unspecified atom stereocenters. The Balaban J connectivity index is 0.00000210. The normalized spacial score (nSPS) is 20.1. The fourth-order valence-corrected chi connectivity index (χ4v) is 8.29. The molecule has 2 aliphatic rings. The van der Waals surface area contributed by atoms with Crippen LogP contribution in [0.4, 0.5) is 0 Å². The maximum Gasteiger partial charge on any atom is 1.00 e. The number of rotatable bonds is 3. The molecule has 0 aliphatic heterocycles. The van der Waals surface area contributed by atoms with Gasteiger partial charge in [0.25, 0.3) is 0 Å². The predicted octanol–water partition coefficient (Wildman–Crippen LogP) is 3.49. The van der Waals surface area contributed by atoms with E-state index in [-0.39, 0.29) is 29.7 Å². The zero-order valence-electron chi connectivity index (χ0n) is 17.4. The van der Waals surface area contributed by atoms with Crippen LogP contribution in [-0.2, 0) is 0 Å². The van der Waals surface area contributed by atoms with Crippen LogP contribution < -0.4 is 29.5 Å². The minimum Gasteiger partial charge on any atom is -0.165 e. The van der Waals surface area contributed by atoms with Gasteiger partial charge in [0.1, 0.15) is 0 Å². The molecule has 0 N–H and O–H groups in total. The molecule has 0 saturated heterocycles. The first kappa shape index (κ1) is 20.7. The first-order valence-electron chi connectivity index (χ1n) is 9.55. The summed E-state index contributed by atoms with van der Waals surface area (Å²) in [5.41, 5.74) is 3.78. The van der Waals surface area contributed by atoms with Crippen LogP contribution in [0.2, 0.25) is 0 Å². The smallest absolute Gasteiger partial charge is 0.165 e. The van der Waals surface area contributed by atoms with E-state index in [2.05, 4.69) is 94.4 Å². The average Bonchev–Trinajstić information content (AvgIpc) is 3.15. The monoisotopic (exact) mass is 367 g/mol. The second-order valence-electron chi connectivity index (χ2n) is 9.13. The second-order valence-corrected chi connectivity index (χ2v) is 12.4. The van der Waals surface area contributed by atoms with Crippen LogP contribution in [0.5, 0.6) is 0 Å². The quantitative estimate of drug-likeness (QED) is 0.443. The molecule has 0 bridgehead atoms. The maximum atomic E-state index is 4.93. The molecule has 134 valence electrons. The first-order chi connectivity index (χ1) is 12.2. The molecule has 0 heterocycles. The molecule has 0 nitrogen and oxygen atoms in total. The topological polar surface area (TPSA) is 0 Å². The summed E-state index contributed by atoms with van der Waals surface area (Å²) in [4.78, 5) is 0. The zero-order valence-corrected chi connectivity index (χ0v) is 18.3. The fourth-order valence-electron chi connectivity index (χ4n) is 5.19. The van der Waals surface area contributed by atoms with Gasteiger partial charge in [0, 0.05) is 6.42 Å². The van der Waals surface area contributed by atoms with Gasteiger partial charge in [-0.3, -0.25) is 0 Å². The van der Waals surface area contributed by atoms with E-state index in [4.69, 9.17) is 6.66 Å². The standard InChI is InChI=1S/C25H29P.Li/c1-24(2)18-25(3,4)23-17-21(16-22(23)24)26(5,19-12-8-6-9-13-19)20-14-10-7-11-15-20;/h6-16H,5,17-18H2,1-4H3;/q;+1. The third-order valence-electron chi connectivity index (χ3n) is 6.31. The van der Waals surface area contributed by atoms with Crippen molar-refractivity contribution < 1.29 is 18.9 Å². The van der Waals surface area contributed by atoms with Crippen molar-refractivity contribution in [1.82, 2.24) is 0 Å². The van der Waals surface area contributed by atoms with E-state index in [1.165, 1.54) is 17.0 Å². The van der Waals surface area contributed by atoms with Gasteiger partial charge in [-0.1, -0.05) is 69.7 Å². The van der Waals surface area contributed by atoms with Gasteiger partial charge in [-0.25, -0.2) is 0 Å². The maximum absolute atomic E-state index is 4.93. The van der Waals surface area contributed by atoms with E-state index in [0.29, 0.717) is 0 Å². The second kappa shape index (κ2) is 7.08. The van der Waals surface area contributed by atoms with Gasteiger partial charge in [-0.15, -0.1) is 0 Å². The van der Waals surface area contributed by atoms with E-state index in [9.17, 15) is 0 Å². The van der Waals surface area contributed by atoms with Crippen LogP contribution in [-0.4, -0.2) is 0 Å². The van der Waals surface area contributed by atoms with Crippen molar-refractivity contribution in [1.29, 1.82) is 0 Å². The molecule has 4 rings (SSSR count). The summed E-state index contributed by atoms with van der Waals surface area (Å²) in [7, 11) is -1.82. The Hall–Kier alpha value is -1.05. The van der Waals surface area contributed by atoms with Crippen LogP contribution in [0.1, 0.15) is 40.5 Å². The Bertz CT molecular complexity index is 849. The van der Waals surface area contributed by atoms with E-state index >= 15 is 0 Å². The van der Waals surface area contributed by atoms with Crippen molar-refractivity contribution in [3.8, 4) is 0 Å². The predicted molar refractivity (Wildman–Crippen MR) is 116 cm³/mol. The number of benzene rings is 2. The molecule has 0 spiro atoms. The Morgan fingerprint density at radius 2 is 1.26 bits per heavy atom. The van der Waals surface area contributed by atoms with Crippen LogP contribution in [0.3, 0.4) is 0 Å². The summed E-state index contributed by atoms with van der Waals surface area (Å²) in [6, 6.07) is 21.9. The molecule has 27 heavy (non-hydrogen) atoms. The van der Waals surface area contributed by atoms with E-state index < -0.39 is 7.26 Å². The summed E-state index contributed by atoms with van der Waals surface area (Å²) in [5.74, 6) is 0. The minimum absolute atomic E-state index is 0. The fraction of sp³-hybridized carbons (Fsp3) is 0.320. The van der Waals surface area contributed by atoms with Gasteiger partial charge in [0.2, 0.25) is 0 Å². The van der Waals surface area contributed by atoms with Gasteiger partial charge in [-0.2, -0.15) is 6.66 Å². The Morgan fingerprint density at radius 1 is 0.778 bits per heavy atom. The van der Waals surface area contributed by atoms with Crippen LogP contribution in [0.25, 0.3) is 0 Å². The third kappa shape index (κ3) is 3.32. The third-order valence-corrected chi connectivity index (χ3v) is 9.94. The van der Waals surface area contributed by atoms with Crippen molar-refractivity contribution in [3.05, 3.63) is 89.9 Å².